The zero-order valence-corrected chi connectivity index (χ0v) is 17.1. The Balaban J connectivity index is 1.93. The molecule has 1 aromatic carbocycles. The zero-order valence-electron chi connectivity index (χ0n) is 16.3. The molecule has 0 spiro atoms. The predicted molar refractivity (Wildman–Crippen MR) is 108 cm³/mol. The molecule has 1 aliphatic carbocycles. The Morgan fingerprint density at radius 3 is 2.63 bits per heavy atom. The van der Waals surface area contributed by atoms with Crippen LogP contribution in [-0.4, -0.2) is 35.5 Å². The van der Waals surface area contributed by atoms with E-state index in [0.717, 1.165) is 40.6 Å². The van der Waals surface area contributed by atoms with Crippen molar-refractivity contribution in [1.82, 2.24) is 14.9 Å². The first-order chi connectivity index (χ1) is 13.0. The van der Waals surface area contributed by atoms with Crippen molar-refractivity contribution in [2.45, 2.75) is 64.3 Å². The molecule has 0 amide bonds. The van der Waals surface area contributed by atoms with Crippen molar-refractivity contribution in [3.63, 3.8) is 0 Å². The van der Waals surface area contributed by atoms with Crippen molar-refractivity contribution < 1.29 is 9.13 Å². The normalized spacial score (nSPS) is 19.9. The second kappa shape index (κ2) is 9.18. The topological polar surface area (TPSA) is 39.1 Å². The number of ether oxygens (including phenoxy) is 1. The van der Waals surface area contributed by atoms with Gasteiger partial charge in [0.1, 0.15) is 12.0 Å². The van der Waals surface area contributed by atoms with Crippen molar-refractivity contribution >= 4 is 11.6 Å². The zero-order chi connectivity index (χ0) is 19.4. The van der Waals surface area contributed by atoms with Gasteiger partial charge in [0.05, 0.1) is 24.5 Å². The molecule has 0 aliphatic heterocycles. The quantitative estimate of drug-likeness (QED) is 0.689. The molecule has 1 saturated carbocycles. The highest BCUT2D eigenvalue weighted by atomic mass is 35.5. The van der Waals surface area contributed by atoms with E-state index in [1.165, 1.54) is 0 Å². The summed E-state index contributed by atoms with van der Waals surface area (Å²) in [4.78, 5) is 4.94. The Morgan fingerprint density at radius 1 is 1.30 bits per heavy atom. The molecule has 4 nitrogen and oxygen atoms in total. The number of benzene rings is 1. The molecule has 2 aromatic rings. The van der Waals surface area contributed by atoms with E-state index < -0.39 is 6.17 Å². The molecule has 1 aliphatic rings. The molecular formula is C21H29ClFN3O. The first kappa shape index (κ1) is 20.3. The van der Waals surface area contributed by atoms with Gasteiger partial charge in [0, 0.05) is 36.2 Å². The largest absolute Gasteiger partial charge is 0.384 e. The van der Waals surface area contributed by atoms with Crippen molar-refractivity contribution in [3.05, 3.63) is 40.8 Å². The monoisotopic (exact) mass is 393 g/mol. The molecule has 3 rings (SSSR count). The molecule has 1 aromatic heterocycles. The molecule has 0 radical (unpaired) electrons. The van der Waals surface area contributed by atoms with Crippen molar-refractivity contribution in [2.75, 3.05) is 13.7 Å². The SMILES string of the molecule is COCCc1nc(CN[C@H]2CC[C@@H](F)C2)n(C(C)C)c1-c1ccc(Cl)cc1. The third-order valence-electron chi connectivity index (χ3n) is 5.15. The Kier molecular flexibility index (Phi) is 6.90. The van der Waals surface area contributed by atoms with Crippen LogP contribution in [0.5, 0.6) is 0 Å². The maximum absolute atomic E-state index is 13.5. The van der Waals surface area contributed by atoms with E-state index in [0.29, 0.717) is 26.0 Å². The highest BCUT2D eigenvalue weighted by Gasteiger charge is 2.25. The van der Waals surface area contributed by atoms with E-state index in [9.17, 15) is 4.39 Å². The molecule has 2 atom stereocenters. The van der Waals surface area contributed by atoms with E-state index in [1.807, 2.05) is 24.3 Å². The molecule has 0 saturated heterocycles. The molecule has 1 N–H and O–H groups in total. The number of aromatic nitrogens is 2. The van der Waals surface area contributed by atoms with Crippen molar-refractivity contribution in [3.8, 4) is 11.3 Å². The number of rotatable bonds is 8. The lowest BCUT2D eigenvalue weighted by molar-refractivity contribution is 0.201. The molecule has 148 valence electrons. The van der Waals surface area contributed by atoms with Crippen molar-refractivity contribution in [2.24, 2.45) is 0 Å². The number of methoxy groups -OCH3 is 1. The summed E-state index contributed by atoms with van der Waals surface area (Å²) in [6, 6.07) is 8.39. The van der Waals surface area contributed by atoms with Gasteiger partial charge in [-0.15, -0.1) is 0 Å². The van der Waals surface area contributed by atoms with E-state index >= 15 is 0 Å². The van der Waals surface area contributed by atoms with E-state index in [2.05, 4.69) is 23.7 Å². The summed E-state index contributed by atoms with van der Waals surface area (Å²) in [5.41, 5.74) is 3.24. The minimum absolute atomic E-state index is 0.235. The molecule has 1 fully saturated rings. The number of nitrogens with one attached hydrogen (secondary N) is 1. The average Bonchev–Trinajstić information content (AvgIpc) is 3.22. The summed E-state index contributed by atoms with van der Waals surface area (Å²) in [5, 5.41) is 4.22. The second-order valence-electron chi connectivity index (χ2n) is 7.52. The van der Waals surface area contributed by atoms with Gasteiger partial charge in [-0.25, -0.2) is 9.37 Å². The number of halogens is 2. The Bertz CT molecular complexity index is 745. The number of hydrogen-bond acceptors (Lipinski definition) is 3. The fourth-order valence-electron chi connectivity index (χ4n) is 3.85. The summed E-state index contributed by atoms with van der Waals surface area (Å²) in [6.07, 6.45) is 2.23. The molecule has 6 heteroatoms. The van der Waals surface area contributed by atoms with Crippen LogP contribution in [0.25, 0.3) is 11.3 Å². The molecule has 0 bridgehead atoms. The summed E-state index contributed by atoms with van der Waals surface area (Å²) < 4.78 is 21.1. The van der Waals surface area contributed by atoms with Gasteiger partial charge < -0.3 is 14.6 Å². The van der Waals surface area contributed by atoms with Gasteiger partial charge in [-0.2, -0.15) is 0 Å². The highest BCUT2D eigenvalue weighted by Crippen LogP contribution is 2.30. The smallest absolute Gasteiger partial charge is 0.123 e. The minimum atomic E-state index is -0.672. The number of alkyl halides is 1. The van der Waals surface area contributed by atoms with Gasteiger partial charge in [0.25, 0.3) is 0 Å². The number of nitrogens with zero attached hydrogens (tertiary/aromatic N) is 2. The van der Waals surface area contributed by atoms with Crippen LogP contribution in [0, 0.1) is 0 Å². The lowest BCUT2D eigenvalue weighted by atomic mass is 10.1. The second-order valence-corrected chi connectivity index (χ2v) is 7.96. The van der Waals surface area contributed by atoms with Crippen LogP contribution in [0.2, 0.25) is 5.02 Å². The highest BCUT2D eigenvalue weighted by molar-refractivity contribution is 6.30. The third kappa shape index (κ3) is 4.89. The van der Waals surface area contributed by atoms with Gasteiger partial charge in [-0.3, -0.25) is 0 Å². The average molecular weight is 394 g/mol. The molecule has 27 heavy (non-hydrogen) atoms. The summed E-state index contributed by atoms with van der Waals surface area (Å²) in [7, 11) is 1.71. The third-order valence-corrected chi connectivity index (χ3v) is 5.40. The standard InChI is InChI=1S/C21H29ClFN3O/c1-14(2)26-20(13-24-18-9-8-17(23)12-18)25-19(10-11-27-3)21(26)15-4-6-16(22)7-5-15/h4-7,14,17-18,24H,8-13H2,1-3H3/t17-,18+/m1/s1. The molecular weight excluding hydrogens is 365 g/mol. The lowest BCUT2D eigenvalue weighted by Gasteiger charge is -2.18. The Labute approximate surface area is 166 Å². The van der Waals surface area contributed by atoms with Crippen LogP contribution in [0.4, 0.5) is 4.39 Å². The Hall–Kier alpha value is -1.43. The van der Waals surface area contributed by atoms with Crippen LogP contribution in [0.1, 0.15) is 50.7 Å². The van der Waals surface area contributed by atoms with Gasteiger partial charge in [-0.05, 0) is 45.2 Å². The fourth-order valence-corrected chi connectivity index (χ4v) is 3.97. The van der Waals surface area contributed by atoms with Crippen LogP contribution < -0.4 is 5.32 Å². The van der Waals surface area contributed by atoms with Gasteiger partial charge in [0.15, 0.2) is 0 Å². The van der Waals surface area contributed by atoms with Crippen LogP contribution in [-0.2, 0) is 17.7 Å². The molecule has 1 heterocycles. The first-order valence-corrected chi connectivity index (χ1v) is 10.1. The maximum Gasteiger partial charge on any atom is 0.123 e. The summed E-state index contributed by atoms with van der Waals surface area (Å²) >= 11 is 6.08. The fraction of sp³-hybridized carbons (Fsp3) is 0.571. The van der Waals surface area contributed by atoms with E-state index in [-0.39, 0.29) is 12.1 Å². The summed E-state index contributed by atoms with van der Waals surface area (Å²) in [5.74, 6) is 0.989. The van der Waals surface area contributed by atoms with Gasteiger partial charge in [0.2, 0.25) is 0 Å². The number of imidazole rings is 1. The van der Waals surface area contributed by atoms with Crippen LogP contribution in [0.3, 0.4) is 0 Å². The van der Waals surface area contributed by atoms with Crippen LogP contribution in [0.15, 0.2) is 24.3 Å². The summed E-state index contributed by atoms with van der Waals surface area (Å²) in [6.45, 7) is 5.59. The van der Waals surface area contributed by atoms with Gasteiger partial charge >= 0.3 is 0 Å². The first-order valence-electron chi connectivity index (χ1n) is 9.72. The van der Waals surface area contributed by atoms with E-state index in [4.69, 9.17) is 21.3 Å². The van der Waals surface area contributed by atoms with E-state index in [1.54, 1.807) is 7.11 Å². The predicted octanol–water partition coefficient (Wildman–Crippen LogP) is 4.95. The number of hydrogen-bond donors (Lipinski definition) is 1. The molecule has 0 unspecified atom stereocenters. The minimum Gasteiger partial charge on any atom is -0.384 e. The van der Waals surface area contributed by atoms with Gasteiger partial charge in [-0.1, -0.05) is 23.7 Å². The Morgan fingerprint density at radius 2 is 2.04 bits per heavy atom. The van der Waals surface area contributed by atoms with Crippen LogP contribution >= 0.6 is 11.6 Å². The van der Waals surface area contributed by atoms with Crippen molar-refractivity contribution in [1.29, 1.82) is 0 Å². The maximum atomic E-state index is 13.5. The lowest BCUT2D eigenvalue weighted by Crippen LogP contribution is -2.28.